The molecule has 1 heterocycles. The minimum atomic E-state index is -1.18. The second-order valence-electron chi connectivity index (χ2n) is 4.67. The van der Waals surface area contributed by atoms with Crippen molar-refractivity contribution < 1.29 is 15.1 Å². The largest absolute Gasteiger partial charge is 0.478 e. The van der Waals surface area contributed by atoms with Gasteiger partial charge < -0.3 is 10.3 Å². The van der Waals surface area contributed by atoms with Gasteiger partial charge in [0, 0.05) is 0 Å². The monoisotopic (exact) mass is 238 g/mol. The zero-order valence-corrected chi connectivity index (χ0v) is 10.5. The van der Waals surface area contributed by atoms with Gasteiger partial charge in [-0.3, -0.25) is 5.41 Å². The molecule has 0 atom stereocenters. The van der Waals surface area contributed by atoms with E-state index in [9.17, 15) is 10.0 Å². The van der Waals surface area contributed by atoms with Gasteiger partial charge in [0.15, 0.2) is 5.49 Å². The Hall–Kier alpha value is -1.78. The Kier molecular flexibility index (Phi) is 3.60. The molecule has 1 aromatic heterocycles. The maximum atomic E-state index is 11.1. The number of hydrogen-bond acceptors (Lipinski definition) is 3. The fraction of sp³-hybridized carbons (Fsp3) is 0.500. The Morgan fingerprint density at radius 3 is 2.18 bits per heavy atom. The molecule has 0 saturated heterocycles. The summed E-state index contributed by atoms with van der Waals surface area (Å²) in [6.45, 7) is 7.50. The number of aromatic nitrogens is 1. The van der Waals surface area contributed by atoms with Gasteiger partial charge in [-0.05, 0) is 23.5 Å². The van der Waals surface area contributed by atoms with Crippen molar-refractivity contribution in [2.24, 2.45) is 0 Å². The van der Waals surface area contributed by atoms with E-state index in [1.54, 1.807) is 6.07 Å². The lowest BCUT2D eigenvalue weighted by Gasteiger charge is -2.17. The lowest BCUT2D eigenvalue weighted by molar-refractivity contribution is 0.0682. The molecular weight excluding hydrogens is 220 g/mol. The third-order valence-electron chi connectivity index (χ3n) is 2.71. The number of hydrogen-bond donors (Lipinski definition) is 3. The highest BCUT2D eigenvalue weighted by atomic mass is 16.5. The van der Waals surface area contributed by atoms with Gasteiger partial charge in [0.1, 0.15) is 5.56 Å². The van der Waals surface area contributed by atoms with Crippen molar-refractivity contribution in [1.29, 1.82) is 5.41 Å². The van der Waals surface area contributed by atoms with Crippen LogP contribution in [0, 0.1) is 5.41 Å². The van der Waals surface area contributed by atoms with E-state index in [1.807, 2.05) is 27.7 Å². The molecule has 3 N–H and O–H groups in total. The molecule has 0 aromatic carbocycles. The smallest absolute Gasteiger partial charge is 0.339 e. The second-order valence-corrected chi connectivity index (χ2v) is 4.67. The van der Waals surface area contributed by atoms with Crippen LogP contribution < -0.4 is 5.49 Å². The zero-order valence-electron chi connectivity index (χ0n) is 10.5. The summed E-state index contributed by atoms with van der Waals surface area (Å²) in [5.74, 6) is -1.18. The molecule has 5 nitrogen and oxygen atoms in total. The third-order valence-corrected chi connectivity index (χ3v) is 2.71. The molecule has 0 unspecified atom stereocenters. The summed E-state index contributed by atoms with van der Waals surface area (Å²) in [6, 6.07) is 1.66. The maximum absolute atomic E-state index is 11.1. The van der Waals surface area contributed by atoms with Crippen LogP contribution in [-0.2, 0) is 0 Å². The highest BCUT2D eigenvalue weighted by molar-refractivity contribution is 5.89. The quantitative estimate of drug-likeness (QED) is 0.705. The summed E-state index contributed by atoms with van der Waals surface area (Å²) in [6.07, 6.45) is 0. The highest BCUT2D eigenvalue weighted by Crippen LogP contribution is 2.21. The number of nitrogens with one attached hydrogen (secondary N) is 1. The van der Waals surface area contributed by atoms with Crippen LogP contribution in [0.2, 0.25) is 0 Å². The lowest BCUT2D eigenvalue weighted by Crippen LogP contribution is -2.30. The van der Waals surface area contributed by atoms with Gasteiger partial charge in [0.25, 0.3) is 0 Å². The van der Waals surface area contributed by atoms with Gasteiger partial charge in [-0.15, -0.1) is 0 Å². The Morgan fingerprint density at radius 1 is 1.29 bits per heavy atom. The number of rotatable bonds is 3. The maximum Gasteiger partial charge on any atom is 0.339 e. The first-order chi connectivity index (χ1) is 7.77. The predicted molar refractivity (Wildman–Crippen MR) is 62.6 cm³/mol. The molecular formula is C12H18N2O3. The van der Waals surface area contributed by atoms with Crippen molar-refractivity contribution in [3.8, 4) is 0 Å². The first kappa shape index (κ1) is 13.3. The molecule has 0 radical (unpaired) electrons. The summed E-state index contributed by atoms with van der Waals surface area (Å²) in [7, 11) is 0. The highest BCUT2D eigenvalue weighted by Gasteiger charge is 2.20. The van der Waals surface area contributed by atoms with Crippen LogP contribution in [0.4, 0.5) is 0 Å². The summed E-state index contributed by atoms with van der Waals surface area (Å²) in [5.41, 5.74) is 0.625. The van der Waals surface area contributed by atoms with Crippen molar-refractivity contribution in [2.75, 3.05) is 0 Å². The van der Waals surface area contributed by atoms with Crippen LogP contribution >= 0.6 is 0 Å². The molecule has 0 fully saturated rings. The molecule has 94 valence electrons. The van der Waals surface area contributed by atoms with Crippen molar-refractivity contribution in [3.63, 3.8) is 0 Å². The molecule has 1 rings (SSSR count). The topological polar surface area (TPSA) is 86.3 Å². The van der Waals surface area contributed by atoms with Gasteiger partial charge in [-0.1, -0.05) is 27.7 Å². The van der Waals surface area contributed by atoms with Crippen LogP contribution in [-0.4, -0.2) is 21.0 Å². The lowest BCUT2D eigenvalue weighted by atomic mass is 9.95. The van der Waals surface area contributed by atoms with Crippen molar-refractivity contribution in [1.82, 2.24) is 4.73 Å². The van der Waals surface area contributed by atoms with Crippen LogP contribution in [0.3, 0.4) is 0 Å². The van der Waals surface area contributed by atoms with E-state index in [0.717, 1.165) is 0 Å². The summed E-state index contributed by atoms with van der Waals surface area (Å²) in [4.78, 5) is 11.1. The van der Waals surface area contributed by atoms with Crippen LogP contribution in [0.25, 0.3) is 0 Å². The SMILES string of the molecule is CC(C)c1cc(C(C)C)n(O)c(=N)c1C(=O)O. The molecule has 0 aliphatic heterocycles. The number of nitrogens with zero attached hydrogens (tertiary/aromatic N) is 1. The van der Waals surface area contributed by atoms with E-state index in [4.69, 9.17) is 10.5 Å². The fourth-order valence-electron chi connectivity index (χ4n) is 1.76. The molecule has 5 heteroatoms. The van der Waals surface area contributed by atoms with Crippen LogP contribution in [0.15, 0.2) is 6.07 Å². The van der Waals surface area contributed by atoms with E-state index in [2.05, 4.69) is 0 Å². The number of carbonyl (C=O) groups is 1. The minimum Gasteiger partial charge on any atom is -0.478 e. The molecule has 0 bridgehead atoms. The van der Waals surface area contributed by atoms with E-state index >= 15 is 0 Å². The first-order valence-corrected chi connectivity index (χ1v) is 5.54. The van der Waals surface area contributed by atoms with Gasteiger partial charge in [0.05, 0.1) is 5.69 Å². The molecule has 0 aliphatic rings. The summed E-state index contributed by atoms with van der Waals surface area (Å²) >= 11 is 0. The molecule has 0 spiro atoms. The van der Waals surface area contributed by atoms with Crippen LogP contribution in [0.5, 0.6) is 0 Å². The number of carboxylic acids is 1. The van der Waals surface area contributed by atoms with Crippen molar-refractivity contribution in [2.45, 2.75) is 39.5 Å². The minimum absolute atomic E-state index is 0.0103. The Bertz CT molecular complexity index is 501. The number of pyridine rings is 1. The van der Waals surface area contributed by atoms with Gasteiger partial charge in [0.2, 0.25) is 0 Å². The normalized spacial score (nSPS) is 11.2. The van der Waals surface area contributed by atoms with E-state index in [1.165, 1.54) is 0 Å². The van der Waals surface area contributed by atoms with Crippen molar-refractivity contribution in [3.05, 3.63) is 28.4 Å². The van der Waals surface area contributed by atoms with Gasteiger partial charge >= 0.3 is 5.97 Å². The number of aromatic carboxylic acids is 1. The molecule has 0 amide bonds. The summed E-state index contributed by atoms with van der Waals surface area (Å²) < 4.78 is 0.653. The summed E-state index contributed by atoms with van der Waals surface area (Å²) in [5, 5.41) is 26.6. The Morgan fingerprint density at radius 2 is 1.82 bits per heavy atom. The average molecular weight is 238 g/mol. The van der Waals surface area contributed by atoms with E-state index < -0.39 is 5.97 Å². The van der Waals surface area contributed by atoms with E-state index in [0.29, 0.717) is 16.0 Å². The van der Waals surface area contributed by atoms with E-state index in [-0.39, 0.29) is 22.9 Å². The standard InChI is InChI=1S/C12H18N2O3/c1-6(2)8-5-9(7(3)4)14(17)11(13)10(8)12(15)16/h5-7,13,17H,1-4H3,(H,15,16). The first-order valence-electron chi connectivity index (χ1n) is 5.54. The van der Waals surface area contributed by atoms with Gasteiger partial charge in [-0.25, -0.2) is 4.79 Å². The molecule has 1 aromatic rings. The van der Waals surface area contributed by atoms with Crippen LogP contribution in [0.1, 0.15) is 61.1 Å². The Balaban J connectivity index is 3.69. The molecule has 0 saturated carbocycles. The fourth-order valence-corrected chi connectivity index (χ4v) is 1.76. The Labute approximate surface area is 99.8 Å². The average Bonchev–Trinajstić information content (AvgIpc) is 2.19. The van der Waals surface area contributed by atoms with Gasteiger partial charge in [-0.2, -0.15) is 4.73 Å². The zero-order chi connectivity index (χ0) is 13.3. The predicted octanol–water partition coefficient (Wildman–Crippen LogP) is 2.15. The number of carboxylic acid groups (broad SMARTS) is 1. The van der Waals surface area contributed by atoms with Crippen molar-refractivity contribution >= 4 is 5.97 Å². The molecule has 17 heavy (non-hydrogen) atoms. The molecule has 0 aliphatic carbocycles. The second kappa shape index (κ2) is 4.61. The third kappa shape index (κ3) is 2.33.